The summed E-state index contributed by atoms with van der Waals surface area (Å²) in [5.41, 5.74) is 2.31. The molecule has 7 heteroatoms. The number of sulfonamides is 1. The smallest absolute Gasteiger partial charge is 0.338 e. The first-order chi connectivity index (χ1) is 11.0. The summed E-state index contributed by atoms with van der Waals surface area (Å²) in [5.74, 6) is -2.39. The monoisotopic (exact) mass is 351 g/mol. The van der Waals surface area contributed by atoms with E-state index < -0.39 is 27.4 Å². The Labute approximate surface area is 140 Å². The Morgan fingerprint density at radius 1 is 1.04 bits per heavy atom. The first kappa shape index (κ1) is 17.9. The Balaban J connectivity index is 2.55. The van der Waals surface area contributed by atoms with Crippen molar-refractivity contribution in [2.24, 2.45) is 0 Å². The maximum absolute atomic E-state index is 13.5. The van der Waals surface area contributed by atoms with Gasteiger partial charge in [-0.1, -0.05) is 6.07 Å². The van der Waals surface area contributed by atoms with Crippen LogP contribution in [0.5, 0.6) is 0 Å². The topological polar surface area (TPSA) is 83.5 Å². The number of carboxylic acids is 1. The van der Waals surface area contributed by atoms with Crippen LogP contribution in [0, 0.1) is 33.5 Å². The summed E-state index contributed by atoms with van der Waals surface area (Å²) in [4.78, 5) is 11.1. The number of carboxylic acid groups (broad SMARTS) is 1. The molecular weight excluding hydrogens is 333 g/mol. The molecule has 0 saturated heterocycles. The number of aryl methyl sites for hydroxylation is 2. The highest BCUT2D eigenvalue weighted by atomic mass is 32.2. The molecule has 2 rings (SSSR count). The van der Waals surface area contributed by atoms with Crippen molar-refractivity contribution in [2.45, 2.75) is 32.6 Å². The Bertz CT molecular complexity index is 910. The largest absolute Gasteiger partial charge is 0.478 e. The van der Waals surface area contributed by atoms with Gasteiger partial charge < -0.3 is 5.11 Å². The van der Waals surface area contributed by atoms with Crippen molar-refractivity contribution in [3.05, 3.63) is 57.9 Å². The van der Waals surface area contributed by atoms with Crippen molar-refractivity contribution in [1.29, 1.82) is 0 Å². The number of aromatic carboxylic acids is 1. The second kappa shape index (κ2) is 6.24. The summed E-state index contributed by atoms with van der Waals surface area (Å²) in [6.45, 7) is 7.07. The molecule has 0 aliphatic carbocycles. The third-order valence-corrected chi connectivity index (χ3v) is 5.67. The van der Waals surface area contributed by atoms with E-state index in [1.807, 2.05) is 19.9 Å². The lowest BCUT2D eigenvalue weighted by molar-refractivity contribution is 0.0692. The van der Waals surface area contributed by atoms with E-state index in [2.05, 4.69) is 4.72 Å². The molecule has 0 spiro atoms. The zero-order valence-corrected chi connectivity index (χ0v) is 14.6. The summed E-state index contributed by atoms with van der Waals surface area (Å²) >= 11 is 0. The molecular formula is C17H18FNO4S. The van der Waals surface area contributed by atoms with Crippen molar-refractivity contribution in [1.82, 2.24) is 0 Å². The predicted octanol–water partition coefficient (Wildman–Crippen LogP) is 3.56. The van der Waals surface area contributed by atoms with Crippen LogP contribution < -0.4 is 4.72 Å². The normalized spacial score (nSPS) is 11.4. The Morgan fingerprint density at radius 2 is 1.58 bits per heavy atom. The molecule has 2 N–H and O–H groups in total. The van der Waals surface area contributed by atoms with E-state index in [9.17, 15) is 17.6 Å². The molecule has 2 aromatic carbocycles. The maximum Gasteiger partial charge on any atom is 0.338 e. The highest BCUT2D eigenvalue weighted by Gasteiger charge is 2.23. The molecule has 0 radical (unpaired) electrons. The first-order valence-corrected chi connectivity index (χ1v) is 8.66. The minimum absolute atomic E-state index is 0.00763. The summed E-state index contributed by atoms with van der Waals surface area (Å²) < 4.78 is 41.3. The fourth-order valence-corrected chi connectivity index (χ4v) is 4.21. The van der Waals surface area contributed by atoms with Crippen LogP contribution in [0.3, 0.4) is 0 Å². The second-order valence-corrected chi connectivity index (χ2v) is 7.31. The zero-order valence-electron chi connectivity index (χ0n) is 13.8. The zero-order chi connectivity index (χ0) is 18.2. The molecule has 0 amide bonds. The van der Waals surface area contributed by atoms with E-state index in [0.717, 1.165) is 23.3 Å². The molecule has 0 aromatic heterocycles. The Morgan fingerprint density at radius 3 is 2.08 bits per heavy atom. The lowest BCUT2D eigenvalue weighted by Gasteiger charge is -2.17. The molecule has 0 fully saturated rings. The van der Waals surface area contributed by atoms with Crippen LogP contribution >= 0.6 is 0 Å². The molecule has 0 atom stereocenters. The van der Waals surface area contributed by atoms with Gasteiger partial charge in [-0.15, -0.1) is 0 Å². The standard InChI is InChI=1S/C17H18FNO4S/c1-9-7-10(2)12(4)16(11(9)3)24(22,23)19-13-5-6-15(18)14(8-13)17(20)21/h5-8,19H,1-4H3,(H,20,21). The predicted molar refractivity (Wildman–Crippen MR) is 89.6 cm³/mol. The number of hydrogen-bond acceptors (Lipinski definition) is 3. The number of anilines is 1. The van der Waals surface area contributed by atoms with Crippen LogP contribution in [0.1, 0.15) is 32.6 Å². The van der Waals surface area contributed by atoms with Crippen LogP contribution in [0.25, 0.3) is 0 Å². The first-order valence-electron chi connectivity index (χ1n) is 7.17. The summed E-state index contributed by atoms with van der Waals surface area (Å²) in [7, 11) is -3.94. The fourth-order valence-electron chi connectivity index (χ4n) is 2.54. The molecule has 0 aliphatic rings. The van der Waals surface area contributed by atoms with Crippen molar-refractivity contribution in [3.63, 3.8) is 0 Å². The lowest BCUT2D eigenvalue weighted by atomic mass is 10.0. The van der Waals surface area contributed by atoms with Crippen LogP contribution in [-0.4, -0.2) is 19.5 Å². The van der Waals surface area contributed by atoms with Gasteiger partial charge in [0, 0.05) is 5.69 Å². The molecule has 2 aromatic rings. The summed E-state index contributed by atoms with van der Waals surface area (Å²) in [5, 5.41) is 8.95. The molecule has 0 saturated carbocycles. The van der Waals surface area contributed by atoms with Crippen molar-refractivity contribution < 1.29 is 22.7 Å². The molecule has 0 bridgehead atoms. The van der Waals surface area contributed by atoms with Crippen LogP contribution in [-0.2, 0) is 10.0 Å². The average molecular weight is 351 g/mol. The number of nitrogens with one attached hydrogen (secondary N) is 1. The maximum atomic E-state index is 13.5. The number of rotatable bonds is 4. The van der Waals surface area contributed by atoms with E-state index in [0.29, 0.717) is 11.1 Å². The molecule has 0 heterocycles. The van der Waals surface area contributed by atoms with E-state index in [1.54, 1.807) is 13.8 Å². The van der Waals surface area contributed by atoms with Gasteiger partial charge in [-0.05, 0) is 68.1 Å². The van der Waals surface area contributed by atoms with Gasteiger partial charge in [0.05, 0.1) is 10.5 Å². The lowest BCUT2D eigenvalue weighted by Crippen LogP contribution is -2.17. The SMILES string of the molecule is Cc1cc(C)c(C)c(S(=O)(=O)Nc2ccc(F)c(C(=O)O)c2)c1C. The summed E-state index contributed by atoms with van der Waals surface area (Å²) in [6.07, 6.45) is 0. The van der Waals surface area contributed by atoms with Crippen molar-refractivity contribution in [3.8, 4) is 0 Å². The highest BCUT2D eigenvalue weighted by Crippen LogP contribution is 2.28. The van der Waals surface area contributed by atoms with Gasteiger partial charge in [0.1, 0.15) is 5.82 Å². The second-order valence-electron chi connectivity index (χ2n) is 5.69. The Hall–Kier alpha value is -2.41. The number of halogens is 1. The van der Waals surface area contributed by atoms with Gasteiger partial charge in [0.2, 0.25) is 0 Å². The van der Waals surface area contributed by atoms with Crippen LogP contribution in [0.4, 0.5) is 10.1 Å². The van der Waals surface area contributed by atoms with Crippen molar-refractivity contribution in [2.75, 3.05) is 4.72 Å². The van der Waals surface area contributed by atoms with Crippen molar-refractivity contribution >= 4 is 21.7 Å². The summed E-state index contributed by atoms with van der Waals surface area (Å²) in [6, 6.07) is 4.97. The van der Waals surface area contributed by atoms with Gasteiger partial charge in [-0.3, -0.25) is 4.72 Å². The molecule has 0 unspecified atom stereocenters. The molecule has 24 heavy (non-hydrogen) atoms. The van der Waals surface area contributed by atoms with Gasteiger partial charge in [0.25, 0.3) is 10.0 Å². The number of benzene rings is 2. The van der Waals surface area contributed by atoms with E-state index in [-0.39, 0.29) is 10.6 Å². The Kier molecular flexibility index (Phi) is 4.66. The fraction of sp³-hybridized carbons (Fsp3) is 0.235. The molecule has 0 aliphatic heterocycles. The third kappa shape index (κ3) is 3.26. The minimum atomic E-state index is -3.94. The third-order valence-electron chi connectivity index (χ3n) is 4.01. The van der Waals surface area contributed by atoms with Gasteiger partial charge in [-0.25, -0.2) is 17.6 Å². The molecule has 5 nitrogen and oxygen atoms in total. The van der Waals surface area contributed by atoms with E-state index >= 15 is 0 Å². The van der Waals surface area contributed by atoms with Gasteiger partial charge in [0.15, 0.2) is 0 Å². The van der Waals surface area contributed by atoms with E-state index in [4.69, 9.17) is 5.11 Å². The van der Waals surface area contributed by atoms with Gasteiger partial charge >= 0.3 is 5.97 Å². The number of carbonyl (C=O) groups is 1. The minimum Gasteiger partial charge on any atom is -0.478 e. The van der Waals surface area contributed by atoms with Crippen LogP contribution in [0.15, 0.2) is 29.2 Å². The molecule has 128 valence electrons. The number of hydrogen-bond donors (Lipinski definition) is 2. The average Bonchev–Trinajstić information content (AvgIpc) is 2.46. The van der Waals surface area contributed by atoms with Crippen LogP contribution in [0.2, 0.25) is 0 Å². The highest BCUT2D eigenvalue weighted by molar-refractivity contribution is 7.92. The van der Waals surface area contributed by atoms with Gasteiger partial charge in [-0.2, -0.15) is 0 Å². The quantitative estimate of drug-likeness (QED) is 0.882. The van der Waals surface area contributed by atoms with E-state index in [1.165, 1.54) is 6.07 Å².